The number of nitriles is 1. The van der Waals surface area contributed by atoms with E-state index in [4.69, 9.17) is 0 Å². The van der Waals surface area contributed by atoms with E-state index >= 15 is 0 Å². The van der Waals surface area contributed by atoms with Crippen LogP contribution in [0.2, 0.25) is 0 Å². The quantitative estimate of drug-likeness (QED) is 0.345. The zero-order chi connectivity index (χ0) is 20.3. The largest absolute Gasteiger partial charge is 0.321 e. The molecule has 28 heavy (non-hydrogen) atoms. The minimum absolute atomic E-state index is 0.0485. The van der Waals surface area contributed by atoms with E-state index in [1.807, 2.05) is 62.4 Å². The van der Waals surface area contributed by atoms with Gasteiger partial charge in [-0.05, 0) is 77.8 Å². The molecule has 3 rings (SSSR count). The Balaban J connectivity index is 1.95. The van der Waals surface area contributed by atoms with Gasteiger partial charge in [0.05, 0.1) is 5.69 Å². The summed E-state index contributed by atoms with van der Waals surface area (Å²) in [5.74, 6) is -0.439. The highest BCUT2D eigenvalue weighted by molar-refractivity contribution is 9.10. The summed E-state index contributed by atoms with van der Waals surface area (Å²) >= 11 is 6.96. The van der Waals surface area contributed by atoms with Crippen molar-refractivity contribution < 1.29 is 4.79 Å². The molecule has 0 aliphatic heterocycles. The highest BCUT2D eigenvalue weighted by Gasteiger charge is 2.15. The average Bonchev–Trinajstić information content (AvgIpc) is 2.93. The minimum Gasteiger partial charge on any atom is -0.321 e. The molecule has 0 aliphatic carbocycles. The second-order valence-corrected chi connectivity index (χ2v) is 8.02. The van der Waals surface area contributed by atoms with Crippen LogP contribution in [-0.4, -0.2) is 10.5 Å². The van der Waals surface area contributed by atoms with Crippen LogP contribution in [0.4, 0.5) is 5.69 Å². The van der Waals surface area contributed by atoms with Gasteiger partial charge in [0.25, 0.3) is 5.91 Å². The molecule has 6 heteroatoms. The third kappa shape index (κ3) is 4.27. The van der Waals surface area contributed by atoms with Gasteiger partial charge in [0, 0.05) is 26.0 Å². The number of carbonyl (C=O) groups excluding carboxylic acids is 1. The zero-order valence-electron chi connectivity index (χ0n) is 15.3. The minimum atomic E-state index is -0.439. The number of hydrogen-bond acceptors (Lipinski definition) is 2. The van der Waals surface area contributed by atoms with Gasteiger partial charge in [-0.1, -0.05) is 34.1 Å². The number of halogens is 2. The number of amides is 1. The van der Waals surface area contributed by atoms with E-state index in [0.717, 1.165) is 31.6 Å². The van der Waals surface area contributed by atoms with Crippen LogP contribution in [0.25, 0.3) is 11.8 Å². The molecular weight excluding hydrogens is 482 g/mol. The van der Waals surface area contributed by atoms with Gasteiger partial charge in [-0.2, -0.15) is 5.26 Å². The van der Waals surface area contributed by atoms with Gasteiger partial charge in [0.2, 0.25) is 0 Å². The molecule has 1 heterocycles. The number of nitrogens with one attached hydrogen (secondary N) is 1. The van der Waals surface area contributed by atoms with Crippen molar-refractivity contribution in [2.45, 2.75) is 13.8 Å². The fourth-order valence-corrected chi connectivity index (χ4v) is 3.87. The van der Waals surface area contributed by atoms with Gasteiger partial charge in [0.15, 0.2) is 0 Å². The number of para-hydroxylation sites is 1. The first-order valence-corrected chi connectivity index (χ1v) is 10.1. The van der Waals surface area contributed by atoms with E-state index in [9.17, 15) is 10.1 Å². The summed E-state index contributed by atoms with van der Waals surface area (Å²) in [7, 11) is 0. The second-order valence-electron chi connectivity index (χ2n) is 6.25. The Morgan fingerprint density at radius 1 is 1.11 bits per heavy atom. The van der Waals surface area contributed by atoms with Crippen molar-refractivity contribution in [1.29, 1.82) is 5.26 Å². The molecule has 140 valence electrons. The van der Waals surface area contributed by atoms with Crippen LogP contribution in [0.5, 0.6) is 0 Å². The third-order valence-corrected chi connectivity index (χ3v) is 5.47. The second kappa shape index (κ2) is 8.59. The summed E-state index contributed by atoms with van der Waals surface area (Å²) in [6.07, 6.45) is 1.63. The van der Waals surface area contributed by atoms with Gasteiger partial charge in [0.1, 0.15) is 11.6 Å². The van der Waals surface area contributed by atoms with Gasteiger partial charge < -0.3 is 9.88 Å². The molecule has 0 saturated heterocycles. The zero-order valence-corrected chi connectivity index (χ0v) is 18.5. The lowest BCUT2D eigenvalue weighted by Crippen LogP contribution is -2.13. The van der Waals surface area contributed by atoms with Gasteiger partial charge >= 0.3 is 0 Å². The van der Waals surface area contributed by atoms with Crippen LogP contribution in [0.1, 0.15) is 17.0 Å². The Bertz CT molecular complexity index is 1120. The first-order chi connectivity index (χ1) is 13.4. The molecule has 3 aromatic rings. The third-order valence-electron chi connectivity index (χ3n) is 4.31. The number of benzene rings is 2. The lowest BCUT2D eigenvalue weighted by molar-refractivity contribution is -0.112. The van der Waals surface area contributed by atoms with Gasteiger partial charge in [-0.3, -0.25) is 4.79 Å². The summed E-state index contributed by atoms with van der Waals surface area (Å²) in [6, 6.07) is 19.2. The Morgan fingerprint density at radius 3 is 2.54 bits per heavy atom. The van der Waals surface area contributed by atoms with Crippen molar-refractivity contribution in [2.75, 3.05) is 5.32 Å². The van der Waals surface area contributed by atoms with Crippen molar-refractivity contribution in [3.8, 4) is 11.8 Å². The molecule has 1 aromatic heterocycles. The Morgan fingerprint density at radius 2 is 1.86 bits per heavy atom. The summed E-state index contributed by atoms with van der Waals surface area (Å²) < 4.78 is 3.92. The van der Waals surface area contributed by atoms with E-state index in [0.29, 0.717) is 5.69 Å². The fourth-order valence-electron chi connectivity index (χ4n) is 3.01. The molecule has 1 amide bonds. The van der Waals surface area contributed by atoms with E-state index in [1.54, 1.807) is 18.2 Å². The summed E-state index contributed by atoms with van der Waals surface area (Å²) in [5.41, 5.74) is 4.47. The Hall–Kier alpha value is -2.62. The lowest BCUT2D eigenvalue weighted by Gasteiger charge is -2.11. The van der Waals surface area contributed by atoms with Gasteiger partial charge in [-0.25, -0.2) is 0 Å². The monoisotopic (exact) mass is 497 g/mol. The van der Waals surface area contributed by atoms with Crippen molar-refractivity contribution in [3.05, 3.63) is 86.1 Å². The summed E-state index contributed by atoms with van der Waals surface area (Å²) in [4.78, 5) is 12.6. The number of nitrogens with zero attached hydrogens (tertiary/aromatic N) is 2. The number of carbonyl (C=O) groups is 1. The molecule has 2 aromatic carbocycles. The van der Waals surface area contributed by atoms with Crippen LogP contribution >= 0.6 is 31.9 Å². The number of hydrogen-bond donors (Lipinski definition) is 1. The predicted molar refractivity (Wildman–Crippen MR) is 119 cm³/mol. The molecule has 4 nitrogen and oxygen atoms in total. The first-order valence-electron chi connectivity index (χ1n) is 8.53. The standard InChI is InChI=1S/C22H17Br2N3O/c1-14-10-16(15(2)27(14)21-9-4-3-8-20(21)24)11-17(13-25)22(28)26-19-7-5-6-18(23)12-19/h3-12H,1-2H3,(H,26,28)/b17-11-. The molecule has 0 spiro atoms. The number of rotatable bonds is 4. The number of anilines is 1. The van der Waals surface area contributed by atoms with Crippen molar-refractivity contribution in [3.63, 3.8) is 0 Å². The number of aryl methyl sites for hydroxylation is 1. The smallest absolute Gasteiger partial charge is 0.266 e. The highest BCUT2D eigenvalue weighted by atomic mass is 79.9. The predicted octanol–water partition coefficient (Wildman–Crippen LogP) is 6.16. The average molecular weight is 499 g/mol. The molecule has 0 saturated carbocycles. The molecule has 0 aliphatic rings. The maximum Gasteiger partial charge on any atom is 0.266 e. The molecule has 0 atom stereocenters. The SMILES string of the molecule is Cc1cc(/C=C(/C#N)C(=O)Nc2cccc(Br)c2)c(C)n1-c1ccccc1Br. The van der Waals surface area contributed by atoms with Crippen LogP contribution in [-0.2, 0) is 4.79 Å². The first kappa shape index (κ1) is 20.1. The van der Waals surface area contributed by atoms with E-state index in [2.05, 4.69) is 41.7 Å². The summed E-state index contributed by atoms with van der Waals surface area (Å²) in [5, 5.41) is 12.3. The topological polar surface area (TPSA) is 57.8 Å². The molecule has 0 fully saturated rings. The maximum absolute atomic E-state index is 12.6. The summed E-state index contributed by atoms with van der Waals surface area (Å²) in [6.45, 7) is 3.97. The molecule has 0 bridgehead atoms. The lowest BCUT2D eigenvalue weighted by atomic mass is 10.1. The van der Waals surface area contributed by atoms with Crippen LogP contribution in [0.3, 0.4) is 0 Å². The molecule has 0 radical (unpaired) electrons. The van der Waals surface area contributed by atoms with Crippen molar-refractivity contribution in [1.82, 2.24) is 4.57 Å². The van der Waals surface area contributed by atoms with Crippen molar-refractivity contribution >= 4 is 49.5 Å². The molecular formula is C22H17Br2N3O. The normalized spacial score (nSPS) is 11.2. The van der Waals surface area contributed by atoms with Gasteiger partial charge in [-0.15, -0.1) is 0 Å². The van der Waals surface area contributed by atoms with E-state index in [1.165, 1.54) is 0 Å². The number of aromatic nitrogens is 1. The molecule has 1 N–H and O–H groups in total. The van der Waals surface area contributed by atoms with Crippen LogP contribution < -0.4 is 5.32 Å². The van der Waals surface area contributed by atoms with Crippen molar-refractivity contribution in [2.24, 2.45) is 0 Å². The van der Waals surface area contributed by atoms with E-state index < -0.39 is 5.91 Å². The highest BCUT2D eigenvalue weighted by Crippen LogP contribution is 2.28. The van der Waals surface area contributed by atoms with Crippen LogP contribution in [0, 0.1) is 25.2 Å². The van der Waals surface area contributed by atoms with E-state index in [-0.39, 0.29) is 5.57 Å². The fraction of sp³-hybridized carbons (Fsp3) is 0.0909. The Labute approximate surface area is 180 Å². The Kier molecular flexibility index (Phi) is 6.18. The maximum atomic E-state index is 12.6. The van der Waals surface area contributed by atoms with Crippen LogP contribution in [0.15, 0.2) is 69.1 Å². The molecule has 0 unspecified atom stereocenters.